The number of nitriles is 1. The van der Waals surface area contributed by atoms with Gasteiger partial charge < -0.3 is 10.1 Å². The van der Waals surface area contributed by atoms with Crippen LogP contribution < -0.4 is 15.0 Å². The van der Waals surface area contributed by atoms with Crippen molar-refractivity contribution in [3.05, 3.63) is 106 Å². The molecule has 0 spiro atoms. The first kappa shape index (κ1) is 25.0. The van der Waals surface area contributed by atoms with Crippen molar-refractivity contribution in [3.8, 4) is 11.8 Å². The summed E-state index contributed by atoms with van der Waals surface area (Å²) in [7, 11) is 1.60. The van der Waals surface area contributed by atoms with Crippen LogP contribution in [0.2, 0.25) is 0 Å². The van der Waals surface area contributed by atoms with Gasteiger partial charge in [-0.05, 0) is 60.4 Å². The van der Waals surface area contributed by atoms with Crippen LogP contribution in [0.1, 0.15) is 11.1 Å². The molecule has 3 aromatic rings. The number of ether oxygens (including phenoxy) is 1. The smallest absolute Gasteiger partial charge is 0.264 e. The molecule has 1 aliphatic heterocycles. The Kier molecular flexibility index (Phi) is 8.03. The van der Waals surface area contributed by atoms with Gasteiger partial charge in [-0.1, -0.05) is 54.2 Å². The molecule has 1 fully saturated rings. The molecule has 1 unspecified atom stereocenters. The molecular weight excluding hydrogens is 477 g/mol. The maximum atomic E-state index is 13.4. The molecule has 0 aromatic heterocycles. The number of carbonyl (C=O) groups excluding carboxylic acids is 2. The average molecular weight is 502 g/mol. The van der Waals surface area contributed by atoms with Crippen LogP contribution in [0.25, 0.3) is 0 Å². The molecule has 2 amide bonds. The van der Waals surface area contributed by atoms with Gasteiger partial charge in [0.1, 0.15) is 28.2 Å². The Bertz CT molecular complexity index is 1300. The van der Waals surface area contributed by atoms with Crippen molar-refractivity contribution < 1.29 is 18.7 Å². The summed E-state index contributed by atoms with van der Waals surface area (Å²) in [5.41, 5.74) is 2.26. The topological polar surface area (TPSA) is 82.4 Å². The number of hydrogen-bond donors (Lipinski definition) is 1. The molecular formula is C28H24FN3O3S. The summed E-state index contributed by atoms with van der Waals surface area (Å²) in [6.07, 6.45) is 0.917. The van der Waals surface area contributed by atoms with E-state index in [1.807, 2.05) is 36.4 Å². The predicted octanol–water partition coefficient (Wildman–Crippen LogP) is 4.62. The average Bonchev–Trinajstić information content (AvgIpc) is 3.22. The largest absolute Gasteiger partial charge is 0.497 e. The number of halogens is 1. The van der Waals surface area contributed by atoms with Crippen LogP contribution in [0.5, 0.6) is 5.75 Å². The lowest BCUT2D eigenvalue weighted by Gasteiger charge is -2.18. The summed E-state index contributed by atoms with van der Waals surface area (Å²) >= 11 is 1.18. The number of hydrogen-bond acceptors (Lipinski definition) is 5. The molecule has 36 heavy (non-hydrogen) atoms. The molecule has 0 saturated carbocycles. The molecule has 8 heteroatoms. The molecule has 0 radical (unpaired) electrons. The number of methoxy groups -OCH3 is 1. The molecule has 0 aliphatic carbocycles. The van der Waals surface area contributed by atoms with E-state index >= 15 is 0 Å². The van der Waals surface area contributed by atoms with Crippen molar-refractivity contribution in [1.82, 2.24) is 5.32 Å². The van der Waals surface area contributed by atoms with Gasteiger partial charge in [-0.25, -0.2) is 4.39 Å². The minimum atomic E-state index is -0.555. The molecule has 3 aromatic carbocycles. The summed E-state index contributed by atoms with van der Waals surface area (Å²) < 4.78 is 18.5. The SMILES string of the molecule is COc1ccc(CCNC(=O)/C(C#N)=C2\SC(Cc3ccc(F)cc3)C(=O)N2c2ccccc2)cc1. The Morgan fingerprint density at radius 3 is 2.36 bits per heavy atom. The minimum Gasteiger partial charge on any atom is -0.497 e. The number of nitrogens with zero attached hydrogens (tertiary/aromatic N) is 2. The van der Waals surface area contributed by atoms with Crippen molar-refractivity contribution in [2.45, 2.75) is 18.1 Å². The van der Waals surface area contributed by atoms with Gasteiger partial charge in [-0.15, -0.1) is 0 Å². The van der Waals surface area contributed by atoms with E-state index in [4.69, 9.17) is 4.74 Å². The van der Waals surface area contributed by atoms with Gasteiger partial charge in [0.2, 0.25) is 5.91 Å². The molecule has 1 saturated heterocycles. The zero-order valence-corrected chi connectivity index (χ0v) is 20.4. The van der Waals surface area contributed by atoms with Gasteiger partial charge in [-0.2, -0.15) is 5.26 Å². The predicted molar refractivity (Wildman–Crippen MR) is 138 cm³/mol. The van der Waals surface area contributed by atoms with Crippen LogP contribution in [0.15, 0.2) is 89.5 Å². The van der Waals surface area contributed by atoms with Gasteiger partial charge in [0.25, 0.3) is 5.91 Å². The monoisotopic (exact) mass is 501 g/mol. The first-order valence-corrected chi connectivity index (χ1v) is 12.2. The highest BCUT2D eigenvalue weighted by atomic mass is 32.2. The van der Waals surface area contributed by atoms with Crippen molar-refractivity contribution in [1.29, 1.82) is 5.26 Å². The number of carbonyl (C=O) groups is 2. The molecule has 4 rings (SSSR count). The maximum Gasteiger partial charge on any atom is 0.264 e. The maximum absolute atomic E-state index is 13.4. The first-order valence-electron chi connectivity index (χ1n) is 11.4. The summed E-state index contributed by atoms with van der Waals surface area (Å²) in [4.78, 5) is 27.9. The van der Waals surface area contributed by atoms with E-state index in [2.05, 4.69) is 5.32 Å². The lowest BCUT2D eigenvalue weighted by atomic mass is 10.1. The molecule has 0 bridgehead atoms. The van der Waals surface area contributed by atoms with Crippen molar-refractivity contribution in [2.24, 2.45) is 0 Å². The number of anilines is 1. The molecule has 182 valence electrons. The molecule has 1 atom stereocenters. The Hall–Kier alpha value is -4.09. The van der Waals surface area contributed by atoms with Crippen LogP contribution in [0, 0.1) is 17.1 Å². The van der Waals surface area contributed by atoms with E-state index in [9.17, 15) is 19.2 Å². The fourth-order valence-electron chi connectivity index (χ4n) is 3.83. The van der Waals surface area contributed by atoms with E-state index < -0.39 is 11.2 Å². The van der Waals surface area contributed by atoms with Gasteiger partial charge in [0.05, 0.1) is 12.4 Å². The summed E-state index contributed by atoms with van der Waals surface area (Å²) in [5, 5.41) is 12.5. The van der Waals surface area contributed by atoms with Gasteiger partial charge in [0, 0.05) is 12.2 Å². The van der Waals surface area contributed by atoms with E-state index in [0.29, 0.717) is 30.1 Å². The van der Waals surface area contributed by atoms with E-state index in [1.54, 1.807) is 43.5 Å². The van der Waals surface area contributed by atoms with Crippen LogP contribution >= 0.6 is 11.8 Å². The van der Waals surface area contributed by atoms with E-state index in [-0.39, 0.29) is 17.3 Å². The van der Waals surface area contributed by atoms with E-state index in [1.165, 1.54) is 28.8 Å². The number of rotatable bonds is 8. The third-order valence-electron chi connectivity index (χ3n) is 5.71. The summed E-state index contributed by atoms with van der Waals surface area (Å²) in [6.45, 7) is 0.326. The van der Waals surface area contributed by atoms with E-state index in [0.717, 1.165) is 16.9 Å². The van der Waals surface area contributed by atoms with Crippen LogP contribution in [-0.4, -0.2) is 30.7 Å². The number of nitrogens with one attached hydrogen (secondary N) is 1. The fraction of sp³-hybridized carbons (Fsp3) is 0.179. The van der Waals surface area contributed by atoms with Crippen LogP contribution in [0.3, 0.4) is 0 Å². The second-order valence-electron chi connectivity index (χ2n) is 8.09. The summed E-state index contributed by atoms with van der Waals surface area (Å²) in [5.74, 6) is -0.374. The summed E-state index contributed by atoms with van der Waals surface area (Å²) in [6, 6.07) is 24.4. The highest BCUT2D eigenvalue weighted by molar-refractivity contribution is 8.05. The van der Waals surface area contributed by atoms with Crippen LogP contribution in [0.4, 0.5) is 10.1 Å². The van der Waals surface area contributed by atoms with Gasteiger partial charge >= 0.3 is 0 Å². The normalized spacial score (nSPS) is 16.4. The number of thioether (sulfide) groups is 1. The zero-order valence-electron chi connectivity index (χ0n) is 19.6. The minimum absolute atomic E-state index is 0.117. The number of benzene rings is 3. The lowest BCUT2D eigenvalue weighted by molar-refractivity contribution is -0.117. The fourth-order valence-corrected chi connectivity index (χ4v) is 5.14. The number of amides is 2. The third-order valence-corrected chi connectivity index (χ3v) is 6.98. The highest BCUT2D eigenvalue weighted by Gasteiger charge is 2.40. The first-order chi connectivity index (χ1) is 17.5. The Morgan fingerprint density at radius 1 is 1.06 bits per heavy atom. The second kappa shape index (κ2) is 11.6. The third kappa shape index (κ3) is 5.75. The Labute approximate surface area is 213 Å². The molecule has 1 heterocycles. The van der Waals surface area contributed by atoms with Crippen molar-refractivity contribution in [3.63, 3.8) is 0 Å². The standard InChI is InChI=1S/C28H24FN3O3S/c1-35-23-13-9-19(10-14-23)15-16-31-26(33)24(18-30)28-32(22-5-3-2-4-6-22)27(34)25(36-28)17-20-7-11-21(29)12-8-20/h2-14,25H,15-17H2,1H3,(H,31,33)/b28-24-. The molecule has 1 aliphatic rings. The van der Waals surface area contributed by atoms with Gasteiger partial charge in [0.15, 0.2) is 0 Å². The molecule has 1 N–H and O–H groups in total. The number of para-hydroxylation sites is 1. The Morgan fingerprint density at radius 2 is 1.72 bits per heavy atom. The van der Waals surface area contributed by atoms with Crippen molar-refractivity contribution in [2.75, 3.05) is 18.6 Å². The lowest BCUT2D eigenvalue weighted by Crippen LogP contribution is -2.32. The van der Waals surface area contributed by atoms with Crippen molar-refractivity contribution >= 4 is 29.3 Å². The second-order valence-corrected chi connectivity index (χ2v) is 9.28. The zero-order chi connectivity index (χ0) is 25.5. The van der Waals surface area contributed by atoms with Crippen LogP contribution in [-0.2, 0) is 22.4 Å². The molecule has 6 nitrogen and oxygen atoms in total. The Balaban J connectivity index is 1.55. The van der Waals surface area contributed by atoms with Gasteiger partial charge in [-0.3, -0.25) is 14.5 Å². The highest BCUT2D eigenvalue weighted by Crippen LogP contribution is 2.41. The quantitative estimate of drug-likeness (QED) is 0.360.